The Kier molecular flexibility index (Phi) is 5.76. The standard InChI is InChI=1S/C13H26N2O3S2/c1-14-10-13(3-6-18-7-4-13)11-15-5-8-19-9-12(15)20(2,16)17/h12,14H,3-11H2,1-2H3. The summed E-state index contributed by atoms with van der Waals surface area (Å²) < 4.78 is 29.5. The van der Waals surface area contributed by atoms with Crippen LogP contribution in [0.5, 0.6) is 0 Å². The molecular formula is C13H26N2O3S2. The van der Waals surface area contributed by atoms with Crippen LogP contribution in [0.1, 0.15) is 12.8 Å². The van der Waals surface area contributed by atoms with Crippen LogP contribution < -0.4 is 5.32 Å². The molecule has 0 aromatic rings. The highest BCUT2D eigenvalue weighted by Crippen LogP contribution is 2.33. The van der Waals surface area contributed by atoms with Crippen LogP contribution in [0, 0.1) is 5.41 Å². The number of nitrogens with zero attached hydrogens (tertiary/aromatic N) is 1. The van der Waals surface area contributed by atoms with Crippen LogP contribution in [0.3, 0.4) is 0 Å². The molecule has 0 amide bonds. The number of sulfone groups is 1. The van der Waals surface area contributed by atoms with Gasteiger partial charge in [-0.1, -0.05) is 0 Å². The normalized spacial score (nSPS) is 28.4. The summed E-state index contributed by atoms with van der Waals surface area (Å²) in [5.41, 5.74) is 0.151. The van der Waals surface area contributed by atoms with Gasteiger partial charge in [0.15, 0.2) is 9.84 Å². The summed E-state index contributed by atoms with van der Waals surface area (Å²) >= 11 is 1.75. The SMILES string of the molecule is CNCC1(CN2CCSCC2S(C)(=O)=O)CCOCC1. The lowest BCUT2D eigenvalue weighted by Gasteiger charge is -2.44. The number of hydrogen-bond acceptors (Lipinski definition) is 6. The highest BCUT2D eigenvalue weighted by atomic mass is 32.2. The maximum absolute atomic E-state index is 12.0. The van der Waals surface area contributed by atoms with E-state index >= 15 is 0 Å². The first kappa shape index (κ1) is 16.5. The molecule has 0 aliphatic carbocycles. The quantitative estimate of drug-likeness (QED) is 0.792. The summed E-state index contributed by atoms with van der Waals surface area (Å²) in [6, 6.07) is 0. The lowest BCUT2D eigenvalue weighted by Crippen LogP contribution is -2.54. The summed E-state index contributed by atoms with van der Waals surface area (Å²) in [6.45, 7) is 4.22. The number of hydrogen-bond donors (Lipinski definition) is 1. The molecule has 2 aliphatic rings. The molecule has 0 bridgehead atoms. The second kappa shape index (κ2) is 6.96. The average molecular weight is 322 g/mol. The average Bonchev–Trinajstić information content (AvgIpc) is 2.39. The first-order valence-corrected chi connectivity index (χ1v) is 10.3. The number of nitrogens with one attached hydrogen (secondary N) is 1. The smallest absolute Gasteiger partial charge is 0.164 e. The molecule has 2 rings (SSSR count). The minimum atomic E-state index is -3.01. The molecule has 1 unspecified atom stereocenters. The third-order valence-corrected chi connectivity index (χ3v) is 7.02. The summed E-state index contributed by atoms with van der Waals surface area (Å²) in [5, 5.41) is 2.96. The Morgan fingerprint density at radius 2 is 2.10 bits per heavy atom. The Morgan fingerprint density at radius 1 is 1.40 bits per heavy atom. The molecule has 0 spiro atoms. The van der Waals surface area contributed by atoms with E-state index in [1.807, 2.05) is 7.05 Å². The van der Waals surface area contributed by atoms with Crippen LogP contribution in [0.2, 0.25) is 0 Å². The Hall–Kier alpha value is 0.180. The van der Waals surface area contributed by atoms with E-state index in [4.69, 9.17) is 4.74 Å². The van der Waals surface area contributed by atoms with Gasteiger partial charge < -0.3 is 10.1 Å². The first-order valence-electron chi connectivity index (χ1n) is 7.20. The molecule has 118 valence electrons. The van der Waals surface area contributed by atoms with Crippen molar-refractivity contribution in [2.75, 3.05) is 57.7 Å². The molecule has 2 saturated heterocycles. The number of rotatable bonds is 5. The maximum Gasteiger partial charge on any atom is 0.164 e. The van der Waals surface area contributed by atoms with Crippen LogP contribution in [-0.4, -0.2) is 76.3 Å². The number of ether oxygens (including phenoxy) is 1. The first-order chi connectivity index (χ1) is 9.47. The van der Waals surface area contributed by atoms with Crippen LogP contribution in [0.25, 0.3) is 0 Å². The second-order valence-electron chi connectivity index (χ2n) is 5.97. The predicted octanol–water partition coefficient (Wildman–Crippen LogP) is 0.422. The van der Waals surface area contributed by atoms with Crippen molar-refractivity contribution in [2.24, 2.45) is 5.41 Å². The molecule has 0 aromatic heterocycles. The monoisotopic (exact) mass is 322 g/mol. The van der Waals surface area contributed by atoms with Crippen molar-refractivity contribution >= 4 is 21.6 Å². The summed E-state index contributed by atoms with van der Waals surface area (Å²) in [4.78, 5) is 2.19. The zero-order valence-corrected chi connectivity index (χ0v) is 14.1. The van der Waals surface area contributed by atoms with Gasteiger partial charge in [0.2, 0.25) is 0 Å². The third kappa shape index (κ3) is 4.10. The van der Waals surface area contributed by atoms with Crippen molar-refractivity contribution in [1.82, 2.24) is 10.2 Å². The largest absolute Gasteiger partial charge is 0.381 e. The lowest BCUT2D eigenvalue weighted by atomic mass is 9.79. The van der Waals surface area contributed by atoms with Crippen molar-refractivity contribution in [1.29, 1.82) is 0 Å². The molecule has 0 saturated carbocycles. The molecule has 2 fully saturated rings. The minimum Gasteiger partial charge on any atom is -0.381 e. The Labute approximate surface area is 126 Å². The van der Waals surface area contributed by atoms with E-state index in [1.54, 1.807) is 11.8 Å². The molecule has 0 radical (unpaired) electrons. The zero-order chi connectivity index (χ0) is 14.6. The predicted molar refractivity (Wildman–Crippen MR) is 83.9 cm³/mol. The van der Waals surface area contributed by atoms with Gasteiger partial charge in [-0.15, -0.1) is 0 Å². The molecule has 2 aliphatic heterocycles. The van der Waals surface area contributed by atoms with E-state index in [1.165, 1.54) is 6.26 Å². The Morgan fingerprint density at radius 3 is 2.70 bits per heavy atom. The van der Waals surface area contributed by atoms with E-state index in [0.29, 0.717) is 5.75 Å². The van der Waals surface area contributed by atoms with Crippen LogP contribution in [0.15, 0.2) is 0 Å². The highest BCUT2D eigenvalue weighted by Gasteiger charge is 2.39. The van der Waals surface area contributed by atoms with Crippen molar-refractivity contribution < 1.29 is 13.2 Å². The van der Waals surface area contributed by atoms with E-state index in [-0.39, 0.29) is 10.8 Å². The summed E-state index contributed by atoms with van der Waals surface area (Å²) in [6.07, 6.45) is 3.38. The molecular weight excluding hydrogens is 296 g/mol. The Balaban J connectivity index is 2.11. The van der Waals surface area contributed by atoms with Gasteiger partial charge in [0.05, 0.1) is 0 Å². The van der Waals surface area contributed by atoms with Crippen LogP contribution in [-0.2, 0) is 14.6 Å². The fraction of sp³-hybridized carbons (Fsp3) is 1.00. The van der Waals surface area contributed by atoms with Crippen molar-refractivity contribution in [3.63, 3.8) is 0 Å². The van der Waals surface area contributed by atoms with E-state index in [2.05, 4.69) is 10.2 Å². The van der Waals surface area contributed by atoms with E-state index in [9.17, 15) is 8.42 Å². The van der Waals surface area contributed by atoms with Gasteiger partial charge in [0, 0.05) is 50.6 Å². The molecule has 5 nitrogen and oxygen atoms in total. The molecule has 20 heavy (non-hydrogen) atoms. The topological polar surface area (TPSA) is 58.6 Å². The Bertz CT molecular complexity index is 402. The minimum absolute atomic E-state index is 0.151. The molecule has 0 aromatic carbocycles. The van der Waals surface area contributed by atoms with Crippen molar-refractivity contribution in [2.45, 2.75) is 18.2 Å². The molecule has 1 atom stereocenters. The van der Waals surface area contributed by atoms with Crippen molar-refractivity contribution in [3.05, 3.63) is 0 Å². The molecule has 1 N–H and O–H groups in total. The zero-order valence-electron chi connectivity index (χ0n) is 12.4. The fourth-order valence-corrected chi connectivity index (χ4v) is 6.13. The van der Waals surface area contributed by atoms with Gasteiger partial charge in [-0.2, -0.15) is 11.8 Å². The summed E-state index contributed by atoms with van der Waals surface area (Å²) in [7, 11) is -1.04. The van der Waals surface area contributed by atoms with Gasteiger partial charge in [0.25, 0.3) is 0 Å². The molecule has 7 heteroatoms. The molecule has 2 heterocycles. The van der Waals surface area contributed by atoms with Crippen molar-refractivity contribution in [3.8, 4) is 0 Å². The fourth-order valence-electron chi connectivity index (χ4n) is 3.19. The third-order valence-electron chi connectivity index (χ3n) is 4.33. The van der Waals surface area contributed by atoms with Gasteiger partial charge in [0.1, 0.15) is 5.37 Å². The van der Waals surface area contributed by atoms with E-state index < -0.39 is 9.84 Å². The summed E-state index contributed by atoms with van der Waals surface area (Å²) in [5.74, 6) is 1.73. The van der Waals surface area contributed by atoms with Gasteiger partial charge in [-0.25, -0.2) is 8.42 Å². The van der Waals surface area contributed by atoms with Crippen LogP contribution >= 0.6 is 11.8 Å². The van der Waals surface area contributed by atoms with E-state index in [0.717, 1.165) is 51.4 Å². The maximum atomic E-state index is 12.0. The highest BCUT2D eigenvalue weighted by molar-refractivity contribution is 8.00. The van der Waals surface area contributed by atoms with Gasteiger partial charge in [-0.3, -0.25) is 4.90 Å². The lowest BCUT2D eigenvalue weighted by molar-refractivity contribution is -0.00418. The van der Waals surface area contributed by atoms with Gasteiger partial charge >= 0.3 is 0 Å². The van der Waals surface area contributed by atoms with Crippen LogP contribution in [0.4, 0.5) is 0 Å². The van der Waals surface area contributed by atoms with Gasteiger partial charge in [-0.05, 0) is 25.3 Å². The number of thioether (sulfide) groups is 1. The second-order valence-corrected chi connectivity index (χ2v) is 9.33.